The van der Waals surface area contributed by atoms with Crippen molar-refractivity contribution >= 4 is 0 Å². The summed E-state index contributed by atoms with van der Waals surface area (Å²) < 4.78 is 0. The molecule has 3 rings (SSSR count). The molecule has 0 unspecified atom stereocenters. The van der Waals surface area contributed by atoms with Gasteiger partial charge in [0.05, 0.1) is 0 Å². The SMILES string of the molecule is CC(C)[C@H](C)C1c2ccccc2-c2ccccc21. The summed E-state index contributed by atoms with van der Waals surface area (Å²) in [6, 6.07) is 17.8. The largest absolute Gasteiger partial charge is 0.0625 e. The molecule has 0 saturated carbocycles. The number of benzene rings is 2. The molecule has 0 aliphatic heterocycles. The Hall–Kier alpha value is -1.56. The summed E-state index contributed by atoms with van der Waals surface area (Å²) in [4.78, 5) is 0. The molecular weight excluding hydrogens is 216 g/mol. The minimum Gasteiger partial charge on any atom is -0.0625 e. The second-order valence-electron chi connectivity index (χ2n) is 5.76. The summed E-state index contributed by atoms with van der Waals surface area (Å²) in [6.07, 6.45) is 0. The molecule has 0 heterocycles. The van der Waals surface area contributed by atoms with Crippen molar-refractivity contribution in [2.45, 2.75) is 26.7 Å². The highest BCUT2D eigenvalue weighted by Gasteiger charge is 2.32. The van der Waals surface area contributed by atoms with Gasteiger partial charge in [-0.3, -0.25) is 0 Å². The Labute approximate surface area is 110 Å². The van der Waals surface area contributed by atoms with E-state index in [0.717, 1.165) is 0 Å². The van der Waals surface area contributed by atoms with Gasteiger partial charge in [0.1, 0.15) is 0 Å². The average molecular weight is 236 g/mol. The fourth-order valence-electron chi connectivity index (χ4n) is 3.15. The van der Waals surface area contributed by atoms with Crippen LogP contribution in [0.4, 0.5) is 0 Å². The number of fused-ring (bicyclic) bond motifs is 3. The molecular formula is C18H20. The quantitative estimate of drug-likeness (QED) is 0.681. The molecule has 18 heavy (non-hydrogen) atoms. The van der Waals surface area contributed by atoms with Crippen molar-refractivity contribution in [2.24, 2.45) is 11.8 Å². The molecule has 0 fully saturated rings. The predicted octanol–water partition coefficient (Wildman–Crippen LogP) is 5.09. The Morgan fingerprint density at radius 2 is 1.17 bits per heavy atom. The van der Waals surface area contributed by atoms with Crippen LogP contribution in [0.15, 0.2) is 48.5 Å². The van der Waals surface area contributed by atoms with Gasteiger partial charge < -0.3 is 0 Å². The molecule has 92 valence electrons. The van der Waals surface area contributed by atoms with Crippen LogP contribution >= 0.6 is 0 Å². The smallest absolute Gasteiger partial charge is 0.0130 e. The molecule has 0 N–H and O–H groups in total. The van der Waals surface area contributed by atoms with Crippen molar-refractivity contribution in [1.29, 1.82) is 0 Å². The topological polar surface area (TPSA) is 0 Å². The van der Waals surface area contributed by atoms with Crippen LogP contribution in [0.3, 0.4) is 0 Å². The minimum atomic E-state index is 0.567. The molecule has 0 aromatic heterocycles. The lowest BCUT2D eigenvalue weighted by Gasteiger charge is -2.25. The average Bonchev–Trinajstić information content (AvgIpc) is 2.72. The third kappa shape index (κ3) is 1.59. The van der Waals surface area contributed by atoms with Gasteiger partial charge in [-0.25, -0.2) is 0 Å². The van der Waals surface area contributed by atoms with Crippen molar-refractivity contribution in [1.82, 2.24) is 0 Å². The van der Waals surface area contributed by atoms with Crippen LogP contribution in [0.2, 0.25) is 0 Å². The molecule has 2 aromatic rings. The van der Waals surface area contributed by atoms with Crippen LogP contribution in [0.1, 0.15) is 37.8 Å². The Kier molecular flexibility index (Phi) is 2.74. The van der Waals surface area contributed by atoms with Gasteiger partial charge >= 0.3 is 0 Å². The first-order valence-corrected chi connectivity index (χ1v) is 6.88. The van der Waals surface area contributed by atoms with Crippen LogP contribution in [0.25, 0.3) is 11.1 Å². The molecule has 0 amide bonds. The molecule has 2 aromatic carbocycles. The van der Waals surface area contributed by atoms with Gasteiger partial charge in [-0.2, -0.15) is 0 Å². The Balaban J connectivity index is 2.21. The maximum absolute atomic E-state index is 2.38. The summed E-state index contributed by atoms with van der Waals surface area (Å²) >= 11 is 0. The van der Waals surface area contributed by atoms with E-state index < -0.39 is 0 Å². The third-order valence-electron chi connectivity index (χ3n) is 4.46. The van der Waals surface area contributed by atoms with E-state index in [-0.39, 0.29) is 0 Å². The van der Waals surface area contributed by atoms with Crippen molar-refractivity contribution in [3.8, 4) is 11.1 Å². The molecule has 0 radical (unpaired) electrons. The zero-order chi connectivity index (χ0) is 12.7. The fourth-order valence-corrected chi connectivity index (χ4v) is 3.15. The zero-order valence-corrected chi connectivity index (χ0v) is 11.4. The van der Waals surface area contributed by atoms with Gasteiger partial charge in [0.15, 0.2) is 0 Å². The minimum absolute atomic E-state index is 0.567. The summed E-state index contributed by atoms with van der Waals surface area (Å²) in [6.45, 7) is 7.04. The van der Waals surface area contributed by atoms with Gasteiger partial charge in [-0.05, 0) is 34.1 Å². The number of hydrogen-bond donors (Lipinski definition) is 0. The highest BCUT2D eigenvalue weighted by Crippen LogP contribution is 2.49. The summed E-state index contributed by atoms with van der Waals surface area (Å²) in [5, 5.41) is 0. The molecule has 0 heteroatoms. The fraction of sp³-hybridized carbons (Fsp3) is 0.333. The van der Waals surface area contributed by atoms with E-state index in [2.05, 4.69) is 69.3 Å². The van der Waals surface area contributed by atoms with Crippen molar-refractivity contribution in [3.63, 3.8) is 0 Å². The van der Waals surface area contributed by atoms with E-state index in [0.29, 0.717) is 17.8 Å². The van der Waals surface area contributed by atoms with Gasteiger partial charge in [0, 0.05) is 5.92 Å². The van der Waals surface area contributed by atoms with Crippen LogP contribution in [0, 0.1) is 11.8 Å². The first kappa shape index (κ1) is 11.5. The molecule has 0 saturated heterocycles. The molecule has 1 atom stereocenters. The molecule has 1 aliphatic rings. The zero-order valence-electron chi connectivity index (χ0n) is 11.4. The predicted molar refractivity (Wildman–Crippen MR) is 77.7 cm³/mol. The van der Waals surface area contributed by atoms with E-state index in [4.69, 9.17) is 0 Å². The lowest BCUT2D eigenvalue weighted by atomic mass is 9.79. The van der Waals surface area contributed by atoms with Crippen LogP contribution in [0.5, 0.6) is 0 Å². The Morgan fingerprint density at radius 1 is 0.722 bits per heavy atom. The van der Waals surface area contributed by atoms with E-state index in [1.54, 1.807) is 0 Å². The summed E-state index contributed by atoms with van der Waals surface area (Å²) in [7, 11) is 0. The second kappa shape index (κ2) is 4.28. The van der Waals surface area contributed by atoms with Crippen molar-refractivity contribution in [3.05, 3.63) is 59.7 Å². The highest BCUT2D eigenvalue weighted by atomic mass is 14.4. The maximum atomic E-state index is 2.38. The second-order valence-corrected chi connectivity index (χ2v) is 5.76. The first-order chi connectivity index (χ1) is 8.70. The molecule has 0 bridgehead atoms. The molecule has 0 spiro atoms. The lowest BCUT2D eigenvalue weighted by molar-refractivity contribution is 0.381. The Bertz CT molecular complexity index is 520. The molecule has 0 nitrogen and oxygen atoms in total. The van der Waals surface area contributed by atoms with Gasteiger partial charge in [0.2, 0.25) is 0 Å². The van der Waals surface area contributed by atoms with Gasteiger partial charge in [-0.15, -0.1) is 0 Å². The molecule has 1 aliphatic carbocycles. The van der Waals surface area contributed by atoms with Crippen LogP contribution in [-0.2, 0) is 0 Å². The Morgan fingerprint density at radius 3 is 1.61 bits per heavy atom. The summed E-state index contributed by atoms with van der Waals surface area (Å²) in [5.74, 6) is 1.95. The third-order valence-corrected chi connectivity index (χ3v) is 4.46. The van der Waals surface area contributed by atoms with Crippen LogP contribution in [-0.4, -0.2) is 0 Å². The normalized spacial score (nSPS) is 15.6. The van der Waals surface area contributed by atoms with Gasteiger partial charge in [0.25, 0.3) is 0 Å². The van der Waals surface area contributed by atoms with E-state index in [1.807, 2.05) is 0 Å². The standard InChI is InChI=1S/C18H20/c1-12(2)13(3)18-16-10-6-4-8-14(16)15-9-5-7-11-17(15)18/h4-13,18H,1-3H3/t13-/m0/s1. The first-order valence-electron chi connectivity index (χ1n) is 6.88. The van der Waals surface area contributed by atoms with E-state index >= 15 is 0 Å². The van der Waals surface area contributed by atoms with E-state index in [9.17, 15) is 0 Å². The van der Waals surface area contributed by atoms with E-state index in [1.165, 1.54) is 22.3 Å². The summed E-state index contributed by atoms with van der Waals surface area (Å²) in [5.41, 5.74) is 5.90. The maximum Gasteiger partial charge on any atom is 0.0130 e. The highest BCUT2D eigenvalue weighted by molar-refractivity contribution is 5.78. The van der Waals surface area contributed by atoms with Crippen LogP contribution < -0.4 is 0 Å². The van der Waals surface area contributed by atoms with Crippen molar-refractivity contribution < 1.29 is 0 Å². The monoisotopic (exact) mass is 236 g/mol. The van der Waals surface area contributed by atoms with Gasteiger partial charge in [-0.1, -0.05) is 69.3 Å². The number of rotatable bonds is 2. The van der Waals surface area contributed by atoms with Crippen molar-refractivity contribution in [2.75, 3.05) is 0 Å². The lowest BCUT2D eigenvalue weighted by Crippen LogP contribution is -2.14. The number of hydrogen-bond acceptors (Lipinski definition) is 0.